The van der Waals surface area contributed by atoms with Crippen molar-refractivity contribution in [1.29, 1.82) is 0 Å². The number of halogens is 3. The van der Waals surface area contributed by atoms with Crippen molar-refractivity contribution in [3.63, 3.8) is 0 Å². The molecule has 0 spiro atoms. The molecule has 0 aliphatic heterocycles. The van der Waals surface area contributed by atoms with Crippen LogP contribution in [0.3, 0.4) is 0 Å². The monoisotopic (exact) mass is 329 g/mol. The maximum atomic E-state index is 12.6. The lowest BCUT2D eigenvalue weighted by molar-refractivity contribution is -0.141. The maximum Gasteiger partial charge on any atom is 0.416 e. The molecule has 2 N–H and O–H groups in total. The molecule has 0 fully saturated rings. The number of hydrogen-bond donors (Lipinski definition) is 2. The van der Waals surface area contributed by atoms with Gasteiger partial charge in [-0.15, -0.1) is 0 Å². The number of benzene rings is 1. The first-order valence-electron chi connectivity index (χ1n) is 6.91. The zero-order chi connectivity index (χ0) is 17.6. The lowest BCUT2D eigenvalue weighted by Crippen LogP contribution is -2.41. The van der Waals surface area contributed by atoms with Gasteiger partial charge >= 0.3 is 12.1 Å². The maximum absolute atomic E-state index is 12.6. The summed E-state index contributed by atoms with van der Waals surface area (Å²) in [6.45, 7) is 3.59. The molecular weight excluding hydrogens is 311 g/mol. The Morgan fingerprint density at radius 3 is 2.48 bits per heavy atom. The minimum atomic E-state index is -4.49. The molecule has 0 aliphatic rings. The average Bonchev–Trinajstić information content (AvgIpc) is 2.42. The van der Waals surface area contributed by atoms with Crippen LogP contribution in [0.2, 0.25) is 0 Å². The number of amides is 1. The topological polar surface area (TPSA) is 66.4 Å². The van der Waals surface area contributed by atoms with Crippen LogP contribution in [-0.4, -0.2) is 23.0 Å². The lowest BCUT2D eigenvalue weighted by atomic mass is 10.1. The molecule has 0 heterocycles. The molecule has 7 heteroatoms. The highest BCUT2D eigenvalue weighted by Crippen LogP contribution is 2.29. The van der Waals surface area contributed by atoms with Gasteiger partial charge in [-0.2, -0.15) is 13.2 Å². The Morgan fingerprint density at radius 1 is 1.30 bits per heavy atom. The fraction of sp³-hybridized carbons (Fsp3) is 0.375. The van der Waals surface area contributed by atoms with Gasteiger partial charge < -0.3 is 10.4 Å². The molecular formula is C16H18F3NO3. The van der Waals surface area contributed by atoms with Crippen molar-refractivity contribution >= 4 is 11.9 Å². The van der Waals surface area contributed by atoms with Gasteiger partial charge in [-0.1, -0.05) is 29.8 Å². The fourth-order valence-electron chi connectivity index (χ4n) is 1.86. The van der Waals surface area contributed by atoms with Crippen LogP contribution in [0.25, 0.3) is 0 Å². The number of rotatable bonds is 6. The Balaban J connectivity index is 2.75. The molecule has 1 amide bonds. The molecule has 0 radical (unpaired) electrons. The third-order valence-electron chi connectivity index (χ3n) is 3.01. The van der Waals surface area contributed by atoms with E-state index in [2.05, 4.69) is 5.32 Å². The molecule has 1 aromatic rings. The van der Waals surface area contributed by atoms with E-state index in [9.17, 15) is 22.8 Å². The van der Waals surface area contributed by atoms with Crippen molar-refractivity contribution in [3.05, 3.63) is 47.0 Å². The Bertz CT molecular complexity index is 605. The average molecular weight is 329 g/mol. The molecule has 0 aliphatic carbocycles. The van der Waals surface area contributed by atoms with E-state index in [4.69, 9.17) is 5.11 Å². The fourth-order valence-corrected chi connectivity index (χ4v) is 1.86. The van der Waals surface area contributed by atoms with Crippen LogP contribution in [0, 0.1) is 0 Å². The zero-order valence-corrected chi connectivity index (χ0v) is 12.8. The van der Waals surface area contributed by atoms with Crippen molar-refractivity contribution in [1.82, 2.24) is 5.32 Å². The van der Waals surface area contributed by atoms with Gasteiger partial charge in [0.05, 0.1) is 12.0 Å². The second kappa shape index (κ2) is 7.80. The summed E-state index contributed by atoms with van der Waals surface area (Å²) in [7, 11) is 0. The number of carboxylic acid groups (broad SMARTS) is 1. The predicted octanol–water partition coefficient (Wildman–Crippen LogP) is 3.17. The van der Waals surface area contributed by atoms with Crippen LogP contribution in [0.4, 0.5) is 13.2 Å². The number of hydrogen-bond acceptors (Lipinski definition) is 2. The van der Waals surface area contributed by atoms with Gasteiger partial charge in [0.1, 0.15) is 6.04 Å². The summed E-state index contributed by atoms with van der Waals surface area (Å²) in [6.07, 6.45) is -3.02. The molecule has 4 nitrogen and oxygen atoms in total. The smallest absolute Gasteiger partial charge is 0.416 e. The molecule has 0 saturated carbocycles. The van der Waals surface area contributed by atoms with Gasteiger partial charge in [-0.25, -0.2) is 4.79 Å². The van der Waals surface area contributed by atoms with Crippen LogP contribution >= 0.6 is 0 Å². The summed E-state index contributed by atoms with van der Waals surface area (Å²) < 4.78 is 37.8. The van der Waals surface area contributed by atoms with Crippen molar-refractivity contribution in [2.24, 2.45) is 0 Å². The van der Waals surface area contributed by atoms with Crippen LogP contribution in [0.15, 0.2) is 35.9 Å². The Hall–Kier alpha value is -2.31. The summed E-state index contributed by atoms with van der Waals surface area (Å²) in [5.41, 5.74) is 0.231. The summed E-state index contributed by atoms with van der Waals surface area (Å²) in [5, 5.41) is 11.4. The van der Waals surface area contributed by atoms with Gasteiger partial charge in [0.2, 0.25) is 5.91 Å². The Morgan fingerprint density at radius 2 is 1.96 bits per heavy atom. The summed E-state index contributed by atoms with van der Waals surface area (Å²) in [6, 6.07) is 3.29. The zero-order valence-electron chi connectivity index (χ0n) is 12.8. The van der Waals surface area contributed by atoms with Crippen molar-refractivity contribution in [2.75, 3.05) is 0 Å². The van der Waals surface area contributed by atoms with E-state index in [1.165, 1.54) is 12.1 Å². The number of carbonyl (C=O) groups excluding carboxylic acids is 1. The minimum absolute atomic E-state index is 0.117. The van der Waals surface area contributed by atoms with Crippen LogP contribution in [0.1, 0.15) is 31.4 Å². The van der Waals surface area contributed by atoms with Crippen molar-refractivity contribution in [2.45, 2.75) is 38.9 Å². The summed E-state index contributed by atoms with van der Waals surface area (Å²) in [5.74, 6) is -1.83. The first-order valence-corrected chi connectivity index (χ1v) is 6.91. The molecule has 126 valence electrons. The highest BCUT2D eigenvalue weighted by atomic mass is 19.4. The molecule has 0 unspecified atom stereocenters. The normalized spacial score (nSPS) is 12.4. The second-order valence-electron chi connectivity index (χ2n) is 5.35. The standard InChI is InChI=1S/C16H18F3NO3/c1-10(2)6-7-13(15(22)23)20-14(21)9-11-4-3-5-12(8-11)16(17,18)19/h3-6,8,13H,7,9H2,1-2H3,(H,20,21)(H,22,23)/t13-/m1/s1. The largest absolute Gasteiger partial charge is 0.480 e. The van der Waals surface area contributed by atoms with E-state index in [0.29, 0.717) is 0 Å². The van der Waals surface area contributed by atoms with E-state index >= 15 is 0 Å². The molecule has 0 aromatic heterocycles. The second-order valence-corrected chi connectivity index (χ2v) is 5.35. The number of carbonyl (C=O) groups is 2. The number of aliphatic carboxylic acids is 1. The first kappa shape index (κ1) is 18.7. The highest BCUT2D eigenvalue weighted by molar-refractivity contribution is 5.85. The van der Waals surface area contributed by atoms with Crippen molar-refractivity contribution < 1.29 is 27.9 Å². The number of carboxylic acids is 1. The van der Waals surface area contributed by atoms with Gasteiger partial charge in [-0.05, 0) is 31.9 Å². The van der Waals surface area contributed by atoms with E-state index in [1.807, 2.05) is 0 Å². The third-order valence-corrected chi connectivity index (χ3v) is 3.01. The van der Waals surface area contributed by atoms with Gasteiger partial charge in [-0.3, -0.25) is 4.79 Å². The van der Waals surface area contributed by atoms with Gasteiger partial charge in [0, 0.05) is 0 Å². The number of alkyl halides is 3. The van der Waals surface area contributed by atoms with E-state index in [0.717, 1.165) is 17.7 Å². The first-order chi connectivity index (χ1) is 10.6. The van der Waals surface area contributed by atoms with Crippen LogP contribution < -0.4 is 5.32 Å². The summed E-state index contributed by atoms with van der Waals surface area (Å²) >= 11 is 0. The Kier molecular flexibility index (Phi) is 6.36. The number of allylic oxidation sites excluding steroid dienone is 1. The molecule has 1 aromatic carbocycles. The molecule has 1 atom stereocenters. The third kappa shape index (κ3) is 6.54. The molecule has 0 saturated heterocycles. The van der Waals surface area contributed by atoms with Gasteiger partial charge in [0.25, 0.3) is 0 Å². The Labute approximate surface area is 132 Å². The number of nitrogens with one attached hydrogen (secondary N) is 1. The van der Waals surface area contributed by atoms with Gasteiger partial charge in [0.15, 0.2) is 0 Å². The molecule has 1 rings (SSSR count). The molecule has 23 heavy (non-hydrogen) atoms. The van der Waals surface area contributed by atoms with Crippen LogP contribution in [0.5, 0.6) is 0 Å². The predicted molar refractivity (Wildman–Crippen MR) is 78.8 cm³/mol. The quantitative estimate of drug-likeness (QED) is 0.788. The SMILES string of the molecule is CC(C)=CC[C@@H](NC(=O)Cc1cccc(C(F)(F)F)c1)C(=O)O. The summed E-state index contributed by atoms with van der Waals surface area (Å²) in [4.78, 5) is 22.9. The minimum Gasteiger partial charge on any atom is -0.480 e. The van der Waals surface area contributed by atoms with Crippen molar-refractivity contribution in [3.8, 4) is 0 Å². The van der Waals surface area contributed by atoms with E-state index < -0.39 is 29.7 Å². The molecule has 0 bridgehead atoms. The van der Waals surface area contributed by atoms with E-state index in [1.54, 1.807) is 19.9 Å². The van der Waals surface area contributed by atoms with E-state index in [-0.39, 0.29) is 18.4 Å². The van der Waals surface area contributed by atoms with Crippen LogP contribution in [-0.2, 0) is 22.2 Å². The highest BCUT2D eigenvalue weighted by Gasteiger charge is 2.30. The lowest BCUT2D eigenvalue weighted by Gasteiger charge is -2.13.